The van der Waals surface area contributed by atoms with Gasteiger partial charge >= 0.3 is 0 Å². The number of hydrogen-bond donors (Lipinski definition) is 1. The smallest absolute Gasteiger partial charge is 0.295 e. The molecule has 3 rings (SSSR count). The molecular weight excluding hydrogens is 426 g/mol. The van der Waals surface area contributed by atoms with E-state index in [0.717, 1.165) is 10.4 Å². The maximum absolute atomic E-state index is 13.1. The topological polar surface area (TPSA) is 76.1 Å². The van der Waals surface area contributed by atoms with Crippen LogP contribution in [0.5, 0.6) is 5.75 Å². The molecule has 172 valence electrons. The van der Waals surface area contributed by atoms with E-state index in [-0.39, 0.29) is 23.5 Å². The van der Waals surface area contributed by atoms with E-state index in [9.17, 15) is 14.7 Å². The van der Waals surface area contributed by atoms with Crippen LogP contribution >= 0.6 is 11.3 Å². The van der Waals surface area contributed by atoms with Gasteiger partial charge < -0.3 is 19.5 Å². The number of thiophene rings is 1. The molecule has 1 amide bonds. The first-order chi connectivity index (χ1) is 15.2. The normalized spacial score (nSPS) is 18.2. The van der Waals surface area contributed by atoms with Crippen LogP contribution in [0, 0.1) is 6.92 Å². The maximum atomic E-state index is 13.1. The number of nitrogens with zero attached hydrogens (tertiary/aromatic N) is 1. The third-order valence-electron chi connectivity index (χ3n) is 5.16. The van der Waals surface area contributed by atoms with Gasteiger partial charge in [-0.15, -0.1) is 11.3 Å². The molecule has 0 spiro atoms. The minimum Gasteiger partial charge on any atom is -0.507 e. The molecule has 1 aromatic carbocycles. The van der Waals surface area contributed by atoms with E-state index in [1.54, 1.807) is 29.2 Å². The third kappa shape index (κ3) is 5.22. The molecule has 0 bridgehead atoms. The number of aliphatic hydroxyl groups excluding tert-OH is 1. The number of benzene rings is 1. The molecule has 0 aliphatic carbocycles. The van der Waals surface area contributed by atoms with Crippen LogP contribution in [0.1, 0.15) is 56.2 Å². The SMILES string of the molecule is Cc1ccsc1C1/C(=C(/O)c2cccc(OC(C)C)c2)C(=O)C(=O)N1CCCOC(C)C. The second kappa shape index (κ2) is 10.3. The van der Waals surface area contributed by atoms with Crippen LogP contribution in [0.25, 0.3) is 5.76 Å². The first kappa shape index (κ1) is 24.0. The Morgan fingerprint density at radius 1 is 1.16 bits per heavy atom. The summed E-state index contributed by atoms with van der Waals surface area (Å²) in [5.74, 6) is -0.854. The number of hydrogen-bond acceptors (Lipinski definition) is 6. The fourth-order valence-electron chi connectivity index (χ4n) is 3.75. The molecule has 0 radical (unpaired) electrons. The van der Waals surface area contributed by atoms with Crippen molar-refractivity contribution in [2.75, 3.05) is 13.2 Å². The predicted octanol–water partition coefficient (Wildman–Crippen LogP) is 5.08. The second-order valence-electron chi connectivity index (χ2n) is 8.43. The summed E-state index contributed by atoms with van der Waals surface area (Å²) in [5.41, 5.74) is 1.55. The number of rotatable bonds is 9. The summed E-state index contributed by atoms with van der Waals surface area (Å²) in [7, 11) is 0. The molecule has 1 aliphatic heterocycles. The highest BCUT2D eigenvalue weighted by Crippen LogP contribution is 2.42. The first-order valence-corrected chi connectivity index (χ1v) is 11.8. The summed E-state index contributed by atoms with van der Waals surface area (Å²) >= 11 is 1.48. The molecular formula is C25H31NO5S. The van der Waals surface area contributed by atoms with Gasteiger partial charge in [-0.25, -0.2) is 0 Å². The molecule has 7 heteroatoms. The number of aliphatic hydroxyl groups is 1. The summed E-state index contributed by atoms with van der Waals surface area (Å²) in [6, 6.07) is 8.30. The van der Waals surface area contributed by atoms with Crippen LogP contribution in [0.15, 0.2) is 41.3 Å². The highest BCUT2D eigenvalue weighted by Gasteiger charge is 2.46. The van der Waals surface area contributed by atoms with Crippen molar-refractivity contribution in [1.29, 1.82) is 0 Å². The van der Waals surface area contributed by atoms with Crippen LogP contribution < -0.4 is 4.74 Å². The molecule has 2 aromatic rings. The average Bonchev–Trinajstić information content (AvgIpc) is 3.25. The standard InChI is InChI=1S/C25H31NO5S/c1-15(2)30-12-7-11-26-21(24-17(5)10-13-32-24)20(23(28)25(26)29)22(27)18-8-6-9-19(14-18)31-16(3)4/h6,8-10,13-16,21,27H,7,11-12H2,1-5H3/b22-20-. The Balaban J connectivity index is 2.01. The van der Waals surface area contributed by atoms with E-state index in [1.807, 2.05) is 46.1 Å². The maximum Gasteiger partial charge on any atom is 0.295 e. The van der Waals surface area contributed by atoms with Gasteiger partial charge in [-0.3, -0.25) is 9.59 Å². The van der Waals surface area contributed by atoms with Crippen molar-refractivity contribution < 1.29 is 24.2 Å². The summed E-state index contributed by atoms with van der Waals surface area (Å²) < 4.78 is 11.3. The number of carbonyl (C=O) groups is 2. The Bertz CT molecular complexity index is 1010. The first-order valence-electron chi connectivity index (χ1n) is 10.9. The third-order valence-corrected chi connectivity index (χ3v) is 6.24. The molecule has 6 nitrogen and oxygen atoms in total. The zero-order valence-corrected chi connectivity index (χ0v) is 20.1. The molecule has 1 saturated heterocycles. The molecule has 1 fully saturated rings. The summed E-state index contributed by atoms with van der Waals surface area (Å²) in [4.78, 5) is 28.5. The van der Waals surface area contributed by atoms with Gasteiger partial charge in [0.1, 0.15) is 11.5 Å². The quantitative estimate of drug-likeness (QED) is 0.246. The van der Waals surface area contributed by atoms with E-state index >= 15 is 0 Å². The van der Waals surface area contributed by atoms with E-state index in [2.05, 4.69) is 0 Å². The van der Waals surface area contributed by atoms with Gasteiger partial charge in [0.25, 0.3) is 11.7 Å². The van der Waals surface area contributed by atoms with Crippen LogP contribution in [0.2, 0.25) is 0 Å². The van der Waals surface area contributed by atoms with Gasteiger partial charge in [0, 0.05) is 23.6 Å². The predicted molar refractivity (Wildman–Crippen MR) is 126 cm³/mol. The molecule has 1 atom stereocenters. The monoisotopic (exact) mass is 457 g/mol. The lowest BCUT2D eigenvalue weighted by Crippen LogP contribution is -2.31. The average molecular weight is 458 g/mol. The van der Waals surface area contributed by atoms with Gasteiger partial charge in [-0.1, -0.05) is 12.1 Å². The van der Waals surface area contributed by atoms with Gasteiger partial charge in [0.2, 0.25) is 0 Å². The van der Waals surface area contributed by atoms with Gasteiger partial charge in [0.15, 0.2) is 0 Å². The van der Waals surface area contributed by atoms with Crippen molar-refractivity contribution >= 4 is 28.8 Å². The Kier molecular flexibility index (Phi) is 7.74. The lowest BCUT2D eigenvalue weighted by atomic mass is 9.98. The van der Waals surface area contributed by atoms with E-state index in [0.29, 0.717) is 30.9 Å². The Morgan fingerprint density at radius 3 is 2.53 bits per heavy atom. The molecule has 2 heterocycles. The molecule has 0 saturated carbocycles. The molecule has 1 aliphatic rings. The summed E-state index contributed by atoms with van der Waals surface area (Å²) in [5, 5.41) is 13.1. The zero-order valence-electron chi connectivity index (χ0n) is 19.3. The summed E-state index contributed by atoms with van der Waals surface area (Å²) in [6.45, 7) is 10.6. The van der Waals surface area contributed by atoms with Crippen LogP contribution in [0.3, 0.4) is 0 Å². The lowest BCUT2D eigenvalue weighted by Gasteiger charge is -2.25. The number of ketones is 1. The van der Waals surface area contributed by atoms with Crippen molar-refractivity contribution in [2.45, 2.75) is 59.3 Å². The van der Waals surface area contributed by atoms with Crippen LogP contribution in [0.4, 0.5) is 0 Å². The minimum atomic E-state index is -0.666. The number of carbonyl (C=O) groups excluding carboxylic acids is 2. The molecule has 32 heavy (non-hydrogen) atoms. The van der Waals surface area contributed by atoms with Crippen LogP contribution in [-0.2, 0) is 14.3 Å². The molecule has 1 aromatic heterocycles. The van der Waals surface area contributed by atoms with Crippen molar-refractivity contribution in [3.63, 3.8) is 0 Å². The van der Waals surface area contributed by atoms with E-state index < -0.39 is 17.7 Å². The minimum absolute atomic E-state index is 0.0280. The van der Waals surface area contributed by atoms with E-state index in [4.69, 9.17) is 9.47 Å². The lowest BCUT2D eigenvalue weighted by molar-refractivity contribution is -0.140. The van der Waals surface area contributed by atoms with Crippen molar-refractivity contribution in [1.82, 2.24) is 4.90 Å². The number of amides is 1. The Labute approximate surface area is 193 Å². The Hall–Kier alpha value is -2.64. The number of Topliss-reactive ketones (excluding diaryl/α,β-unsaturated/α-hetero) is 1. The van der Waals surface area contributed by atoms with Gasteiger partial charge in [-0.05, 0) is 70.2 Å². The zero-order chi connectivity index (χ0) is 23.4. The van der Waals surface area contributed by atoms with Crippen molar-refractivity contribution in [3.05, 3.63) is 57.3 Å². The summed E-state index contributed by atoms with van der Waals surface area (Å²) in [6.07, 6.45) is 0.671. The molecule has 1 unspecified atom stereocenters. The fraction of sp³-hybridized carbons (Fsp3) is 0.440. The van der Waals surface area contributed by atoms with Gasteiger partial charge in [0.05, 0.1) is 23.8 Å². The molecule has 1 N–H and O–H groups in total. The van der Waals surface area contributed by atoms with Gasteiger partial charge in [-0.2, -0.15) is 0 Å². The highest BCUT2D eigenvalue weighted by atomic mass is 32.1. The fourth-order valence-corrected chi connectivity index (χ4v) is 4.79. The van der Waals surface area contributed by atoms with Crippen molar-refractivity contribution in [2.24, 2.45) is 0 Å². The Morgan fingerprint density at radius 2 is 1.91 bits per heavy atom. The number of ether oxygens (including phenoxy) is 2. The largest absolute Gasteiger partial charge is 0.507 e. The highest BCUT2D eigenvalue weighted by molar-refractivity contribution is 7.10. The van der Waals surface area contributed by atoms with Crippen molar-refractivity contribution in [3.8, 4) is 5.75 Å². The second-order valence-corrected chi connectivity index (χ2v) is 9.38. The van der Waals surface area contributed by atoms with Crippen LogP contribution in [-0.4, -0.2) is 47.1 Å². The van der Waals surface area contributed by atoms with E-state index in [1.165, 1.54) is 11.3 Å². The number of aryl methyl sites for hydroxylation is 1. The number of likely N-dealkylation sites (tertiary alicyclic amines) is 1.